The fraction of sp³-hybridized carbons (Fsp3) is 0.909. The standard InChI is InChI=1S/C11H22N2O3S/c1-10(2,3)8(12)9(14)13-11(4)5-6-17(15,16)7-11/h8H,5-7,12H2,1-4H3,(H,13,14)/t8-,11?/m1/s1. The van der Waals surface area contributed by atoms with Crippen molar-refractivity contribution in [2.75, 3.05) is 11.5 Å². The van der Waals surface area contributed by atoms with Crippen LogP contribution in [0.3, 0.4) is 0 Å². The van der Waals surface area contributed by atoms with E-state index in [1.165, 1.54) is 0 Å². The summed E-state index contributed by atoms with van der Waals surface area (Å²) in [6.45, 7) is 7.39. The SMILES string of the molecule is CC1(NC(=O)[C@@H](N)C(C)(C)C)CCS(=O)(=O)C1. The quantitative estimate of drug-likeness (QED) is 0.736. The van der Waals surface area contributed by atoms with Crippen LogP contribution in [0.2, 0.25) is 0 Å². The third-order valence-electron chi connectivity index (χ3n) is 3.14. The third-order valence-corrected chi connectivity index (χ3v) is 5.05. The van der Waals surface area contributed by atoms with Crippen LogP contribution in [0.4, 0.5) is 0 Å². The summed E-state index contributed by atoms with van der Waals surface area (Å²) in [6.07, 6.45) is 0.456. The number of carbonyl (C=O) groups is 1. The molecule has 1 aliphatic rings. The molecule has 0 radical (unpaired) electrons. The Morgan fingerprint density at radius 3 is 2.29 bits per heavy atom. The maximum Gasteiger partial charge on any atom is 0.237 e. The fourth-order valence-electron chi connectivity index (χ4n) is 1.88. The number of amides is 1. The van der Waals surface area contributed by atoms with E-state index in [4.69, 9.17) is 5.73 Å². The van der Waals surface area contributed by atoms with Crippen LogP contribution in [0.15, 0.2) is 0 Å². The zero-order valence-corrected chi connectivity index (χ0v) is 11.7. The van der Waals surface area contributed by atoms with Gasteiger partial charge < -0.3 is 11.1 Å². The molecule has 6 heteroatoms. The van der Waals surface area contributed by atoms with E-state index < -0.39 is 21.4 Å². The van der Waals surface area contributed by atoms with Gasteiger partial charge in [0.1, 0.15) is 0 Å². The first-order valence-corrected chi connectivity index (χ1v) is 7.55. The van der Waals surface area contributed by atoms with Crippen molar-refractivity contribution in [3.05, 3.63) is 0 Å². The molecule has 1 amide bonds. The van der Waals surface area contributed by atoms with Crippen molar-refractivity contribution < 1.29 is 13.2 Å². The molecule has 1 aliphatic heterocycles. The van der Waals surface area contributed by atoms with Crippen molar-refractivity contribution in [1.29, 1.82) is 0 Å². The summed E-state index contributed by atoms with van der Waals surface area (Å²) >= 11 is 0. The van der Waals surface area contributed by atoms with Gasteiger partial charge in [-0.05, 0) is 18.8 Å². The fourth-order valence-corrected chi connectivity index (χ4v) is 3.97. The molecule has 0 aromatic rings. The summed E-state index contributed by atoms with van der Waals surface area (Å²) in [5.74, 6) is -0.144. The van der Waals surface area contributed by atoms with Crippen LogP contribution in [0.25, 0.3) is 0 Å². The molecule has 0 aromatic carbocycles. The zero-order valence-electron chi connectivity index (χ0n) is 10.9. The highest BCUT2D eigenvalue weighted by Gasteiger charge is 2.41. The van der Waals surface area contributed by atoms with Crippen LogP contribution in [0, 0.1) is 5.41 Å². The molecule has 2 atom stereocenters. The summed E-state index contributed by atoms with van der Waals surface area (Å²) < 4.78 is 22.8. The molecule has 1 heterocycles. The lowest BCUT2D eigenvalue weighted by molar-refractivity contribution is -0.126. The van der Waals surface area contributed by atoms with Gasteiger partial charge in [0.2, 0.25) is 5.91 Å². The van der Waals surface area contributed by atoms with E-state index in [2.05, 4.69) is 5.32 Å². The van der Waals surface area contributed by atoms with Gasteiger partial charge in [-0.15, -0.1) is 0 Å². The Labute approximate surface area is 103 Å². The van der Waals surface area contributed by atoms with Crippen molar-refractivity contribution in [3.8, 4) is 0 Å². The minimum atomic E-state index is -3.02. The summed E-state index contributed by atoms with van der Waals surface area (Å²) in [6, 6.07) is -0.636. The second-order valence-electron chi connectivity index (χ2n) is 6.24. The number of rotatable bonds is 2. The van der Waals surface area contributed by atoms with Crippen LogP contribution in [0.5, 0.6) is 0 Å². The number of carbonyl (C=O) groups excluding carboxylic acids is 1. The van der Waals surface area contributed by atoms with E-state index in [1.54, 1.807) is 6.92 Å². The van der Waals surface area contributed by atoms with Crippen molar-refractivity contribution in [2.45, 2.75) is 45.7 Å². The van der Waals surface area contributed by atoms with E-state index in [0.717, 1.165) is 0 Å². The molecule has 1 unspecified atom stereocenters. The van der Waals surface area contributed by atoms with Crippen molar-refractivity contribution in [1.82, 2.24) is 5.32 Å². The van der Waals surface area contributed by atoms with E-state index in [1.807, 2.05) is 20.8 Å². The lowest BCUT2D eigenvalue weighted by Crippen LogP contribution is -2.56. The number of hydrogen-bond acceptors (Lipinski definition) is 4. The van der Waals surface area contributed by atoms with Crippen LogP contribution in [-0.4, -0.2) is 37.4 Å². The Morgan fingerprint density at radius 2 is 1.94 bits per heavy atom. The lowest BCUT2D eigenvalue weighted by atomic mass is 9.86. The Hall–Kier alpha value is -0.620. The molecule has 0 bridgehead atoms. The monoisotopic (exact) mass is 262 g/mol. The molecule has 1 saturated heterocycles. The molecule has 1 fully saturated rings. The predicted octanol–water partition coefficient (Wildman–Crippen LogP) is 0.0532. The van der Waals surface area contributed by atoms with Crippen LogP contribution < -0.4 is 11.1 Å². The highest BCUT2D eigenvalue weighted by Crippen LogP contribution is 2.24. The van der Waals surface area contributed by atoms with Crippen molar-refractivity contribution in [3.63, 3.8) is 0 Å². The molecule has 3 N–H and O–H groups in total. The van der Waals surface area contributed by atoms with Crippen LogP contribution in [0.1, 0.15) is 34.1 Å². The zero-order chi connectivity index (χ0) is 13.5. The normalized spacial score (nSPS) is 29.9. The van der Waals surface area contributed by atoms with Gasteiger partial charge in [-0.1, -0.05) is 20.8 Å². The molecule has 100 valence electrons. The lowest BCUT2D eigenvalue weighted by Gasteiger charge is -2.31. The number of nitrogens with one attached hydrogen (secondary N) is 1. The Balaban J connectivity index is 2.71. The minimum Gasteiger partial charge on any atom is -0.349 e. The second kappa shape index (κ2) is 4.24. The van der Waals surface area contributed by atoms with Gasteiger partial charge in [0.05, 0.1) is 23.1 Å². The maximum absolute atomic E-state index is 11.9. The number of hydrogen-bond donors (Lipinski definition) is 2. The number of nitrogens with two attached hydrogens (primary N) is 1. The van der Waals surface area contributed by atoms with Crippen molar-refractivity contribution in [2.24, 2.45) is 11.1 Å². The first-order valence-electron chi connectivity index (χ1n) is 5.73. The van der Waals surface area contributed by atoms with Gasteiger partial charge in [-0.25, -0.2) is 8.42 Å². The Morgan fingerprint density at radius 1 is 1.41 bits per heavy atom. The van der Waals surface area contributed by atoms with Gasteiger partial charge in [0, 0.05) is 0 Å². The topological polar surface area (TPSA) is 89.3 Å². The van der Waals surface area contributed by atoms with Gasteiger partial charge in [0.15, 0.2) is 9.84 Å². The summed E-state index contributed by atoms with van der Waals surface area (Å²) in [7, 11) is -3.02. The smallest absolute Gasteiger partial charge is 0.237 e. The molecular weight excluding hydrogens is 240 g/mol. The third kappa shape index (κ3) is 3.67. The second-order valence-corrected chi connectivity index (χ2v) is 8.42. The number of sulfone groups is 1. The molecular formula is C11H22N2O3S. The predicted molar refractivity (Wildman–Crippen MR) is 67.2 cm³/mol. The van der Waals surface area contributed by atoms with E-state index in [9.17, 15) is 13.2 Å². The average Bonchev–Trinajstić information content (AvgIpc) is 2.37. The molecule has 0 saturated carbocycles. The van der Waals surface area contributed by atoms with E-state index in [0.29, 0.717) is 6.42 Å². The van der Waals surface area contributed by atoms with Gasteiger partial charge >= 0.3 is 0 Å². The average molecular weight is 262 g/mol. The summed E-state index contributed by atoms with van der Waals surface area (Å²) in [5, 5.41) is 2.77. The molecule has 0 spiro atoms. The highest BCUT2D eigenvalue weighted by molar-refractivity contribution is 7.91. The molecule has 5 nitrogen and oxygen atoms in total. The first-order chi connectivity index (χ1) is 7.45. The molecule has 0 aromatic heterocycles. The molecule has 0 aliphatic carbocycles. The van der Waals surface area contributed by atoms with Gasteiger partial charge in [-0.3, -0.25) is 4.79 Å². The molecule has 17 heavy (non-hydrogen) atoms. The summed E-state index contributed by atoms with van der Waals surface area (Å²) in [5.41, 5.74) is 4.83. The Bertz CT molecular complexity index is 411. The van der Waals surface area contributed by atoms with Crippen molar-refractivity contribution >= 4 is 15.7 Å². The van der Waals surface area contributed by atoms with Gasteiger partial charge in [0.25, 0.3) is 0 Å². The maximum atomic E-state index is 11.9. The molecule has 1 rings (SSSR count). The minimum absolute atomic E-state index is 0.00258. The van der Waals surface area contributed by atoms with E-state index >= 15 is 0 Å². The first kappa shape index (κ1) is 14.4. The summed E-state index contributed by atoms with van der Waals surface area (Å²) in [4.78, 5) is 11.9. The van der Waals surface area contributed by atoms with E-state index in [-0.39, 0.29) is 22.8 Å². The Kier molecular flexibility index (Phi) is 3.60. The van der Waals surface area contributed by atoms with Crippen LogP contribution >= 0.6 is 0 Å². The van der Waals surface area contributed by atoms with Gasteiger partial charge in [-0.2, -0.15) is 0 Å². The van der Waals surface area contributed by atoms with Crippen LogP contribution in [-0.2, 0) is 14.6 Å². The largest absolute Gasteiger partial charge is 0.349 e. The highest BCUT2D eigenvalue weighted by atomic mass is 32.2.